The minimum Gasteiger partial charge on any atom is -0.480 e. The van der Waals surface area contributed by atoms with Crippen molar-refractivity contribution < 1.29 is 9.90 Å². The molecule has 0 bridgehead atoms. The summed E-state index contributed by atoms with van der Waals surface area (Å²) in [6, 6.07) is 9.43. The standard InChI is InChI=1S/C13H20N2O2/c1-15(2,11-7-4-3-5-8-11)10-6-9-12(14)13(16)17/h3-5,7-8,12H,6,9-10,14H2,1-2H3/p+1/t12-/m0/s1. The molecule has 0 unspecified atom stereocenters. The largest absolute Gasteiger partial charge is 0.480 e. The predicted octanol–water partition coefficient (Wildman–Crippen LogP) is 1.45. The second-order valence-electron chi connectivity index (χ2n) is 4.83. The highest BCUT2D eigenvalue weighted by Gasteiger charge is 2.19. The number of rotatable bonds is 6. The smallest absolute Gasteiger partial charge is 0.320 e. The molecule has 0 aliphatic carbocycles. The molecule has 0 aliphatic heterocycles. The van der Waals surface area contributed by atoms with E-state index in [4.69, 9.17) is 10.8 Å². The van der Waals surface area contributed by atoms with E-state index < -0.39 is 12.0 Å². The van der Waals surface area contributed by atoms with E-state index in [1.165, 1.54) is 5.69 Å². The second kappa shape index (κ2) is 5.80. The van der Waals surface area contributed by atoms with E-state index in [1.807, 2.05) is 18.2 Å². The zero-order chi connectivity index (χ0) is 12.9. The van der Waals surface area contributed by atoms with Gasteiger partial charge >= 0.3 is 5.97 Å². The molecule has 1 aromatic carbocycles. The van der Waals surface area contributed by atoms with Gasteiger partial charge in [-0.3, -0.25) is 9.28 Å². The number of benzene rings is 1. The summed E-state index contributed by atoms with van der Waals surface area (Å²) in [5.74, 6) is -0.921. The molecule has 0 aromatic heterocycles. The number of para-hydroxylation sites is 1. The molecular formula is C13H21N2O2+. The Hall–Kier alpha value is -1.39. The Balaban J connectivity index is 2.48. The molecule has 0 saturated carbocycles. The molecule has 0 saturated heterocycles. The Kier molecular flexibility index (Phi) is 4.66. The highest BCUT2D eigenvalue weighted by molar-refractivity contribution is 5.72. The molecule has 1 aromatic rings. The molecule has 0 radical (unpaired) electrons. The van der Waals surface area contributed by atoms with Gasteiger partial charge in [0.1, 0.15) is 11.7 Å². The number of nitrogens with zero attached hydrogens (tertiary/aromatic N) is 1. The van der Waals surface area contributed by atoms with Gasteiger partial charge in [-0.15, -0.1) is 0 Å². The van der Waals surface area contributed by atoms with Gasteiger partial charge in [0, 0.05) is 0 Å². The summed E-state index contributed by atoms with van der Waals surface area (Å²) < 4.78 is 0.743. The van der Waals surface area contributed by atoms with Gasteiger partial charge in [0.25, 0.3) is 0 Å². The van der Waals surface area contributed by atoms with E-state index in [1.54, 1.807) is 0 Å². The first-order valence-corrected chi connectivity index (χ1v) is 5.80. The lowest BCUT2D eigenvalue weighted by molar-refractivity contribution is -0.138. The summed E-state index contributed by atoms with van der Waals surface area (Å²) in [5.41, 5.74) is 6.70. The fourth-order valence-electron chi connectivity index (χ4n) is 1.79. The number of carboxylic acid groups (broad SMARTS) is 1. The van der Waals surface area contributed by atoms with Gasteiger partial charge < -0.3 is 10.8 Å². The molecule has 4 nitrogen and oxygen atoms in total. The molecule has 0 heterocycles. The van der Waals surface area contributed by atoms with Crippen molar-refractivity contribution in [3.63, 3.8) is 0 Å². The van der Waals surface area contributed by atoms with Crippen LogP contribution < -0.4 is 10.2 Å². The van der Waals surface area contributed by atoms with E-state index in [0.29, 0.717) is 6.42 Å². The SMILES string of the molecule is C[N+](C)(CCC[C@H](N)C(=O)O)c1ccccc1. The van der Waals surface area contributed by atoms with Crippen molar-refractivity contribution in [3.8, 4) is 0 Å². The van der Waals surface area contributed by atoms with Crippen LogP contribution in [0.3, 0.4) is 0 Å². The third kappa shape index (κ3) is 4.17. The quantitative estimate of drug-likeness (QED) is 0.736. The third-order valence-electron chi connectivity index (χ3n) is 3.00. The summed E-state index contributed by atoms with van der Waals surface area (Å²) in [5, 5.41) is 8.70. The van der Waals surface area contributed by atoms with Crippen molar-refractivity contribution >= 4 is 11.7 Å². The molecule has 94 valence electrons. The van der Waals surface area contributed by atoms with Gasteiger partial charge in [-0.1, -0.05) is 18.2 Å². The number of hydrogen-bond donors (Lipinski definition) is 2. The van der Waals surface area contributed by atoms with Crippen LogP contribution in [0.15, 0.2) is 30.3 Å². The Bertz CT molecular complexity index is 363. The van der Waals surface area contributed by atoms with Crippen LogP contribution in [0.1, 0.15) is 12.8 Å². The number of nitrogens with two attached hydrogens (primary N) is 1. The Morgan fingerprint density at radius 3 is 2.47 bits per heavy atom. The first-order chi connectivity index (χ1) is 7.93. The molecule has 0 fully saturated rings. The molecule has 3 N–H and O–H groups in total. The first-order valence-electron chi connectivity index (χ1n) is 5.80. The minimum absolute atomic E-state index is 0.518. The maximum atomic E-state index is 10.6. The van der Waals surface area contributed by atoms with E-state index in [2.05, 4.69) is 26.2 Å². The van der Waals surface area contributed by atoms with Crippen molar-refractivity contribution in [1.82, 2.24) is 4.48 Å². The van der Waals surface area contributed by atoms with Crippen LogP contribution >= 0.6 is 0 Å². The van der Waals surface area contributed by atoms with Crippen LogP contribution in [0, 0.1) is 0 Å². The lowest BCUT2D eigenvalue weighted by Gasteiger charge is -2.29. The minimum atomic E-state index is -0.921. The van der Waals surface area contributed by atoms with E-state index in [0.717, 1.165) is 17.4 Å². The highest BCUT2D eigenvalue weighted by Crippen LogP contribution is 2.18. The second-order valence-corrected chi connectivity index (χ2v) is 4.83. The summed E-state index contributed by atoms with van der Waals surface area (Å²) in [6.45, 7) is 0.880. The maximum Gasteiger partial charge on any atom is 0.320 e. The fourth-order valence-corrected chi connectivity index (χ4v) is 1.79. The molecule has 1 rings (SSSR count). The lowest BCUT2D eigenvalue weighted by Crippen LogP contribution is -2.42. The normalized spacial score (nSPS) is 13.4. The molecule has 0 spiro atoms. The van der Waals surface area contributed by atoms with Crippen LogP contribution in [0.5, 0.6) is 0 Å². The van der Waals surface area contributed by atoms with Gasteiger partial charge in [-0.25, -0.2) is 0 Å². The average Bonchev–Trinajstić information content (AvgIpc) is 2.29. The maximum absolute atomic E-state index is 10.6. The van der Waals surface area contributed by atoms with E-state index >= 15 is 0 Å². The third-order valence-corrected chi connectivity index (χ3v) is 3.00. The first kappa shape index (κ1) is 13.7. The molecule has 4 heteroatoms. The summed E-state index contributed by atoms with van der Waals surface area (Å²) in [4.78, 5) is 10.6. The monoisotopic (exact) mass is 237 g/mol. The molecule has 17 heavy (non-hydrogen) atoms. The number of quaternary nitrogens is 1. The topological polar surface area (TPSA) is 63.3 Å². The predicted molar refractivity (Wildman–Crippen MR) is 69.8 cm³/mol. The van der Waals surface area contributed by atoms with Gasteiger partial charge in [0.2, 0.25) is 0 Å². The van der Waals surface area contributed by atoms with E-state index in [-0.39, 0.29) is 0 Å². The van der Waals surface area contributed by atoms with Gasteiger partial charge in [0.05, 0.1) is 20.6 Å². The molecule has 1 atom stereocenters. The zero-order valence-corrected chi connectivity index (χ0v) is 10.5. The van der Waals surface area contributed by atoms with E-state index in [9.17, 15) is 4.79 Å². The Morgan fingerprint density at radius 2 is 1.94 bits per heavy atom. The van der Waals surface area contributed by atoms with Crippen molar-refractivity contribution in [2.24, 2.45) is 5.73 Å². The highest BCUT2D eigenvalue weighted by atomic mass is 16.4. The van der Waals surface area contributed by atoms with Gasteiger partial charge in [0.15, 0.2) is 0 Å². The average molecular weight is 237 g/mol. The summed E-state index contributed by atoms with van der Waals surface area (Å²) in [7, 11) is 4.23. The molecule has 0 aliphatic rings. The summed E-state index contributed by atoms with van der Waals surface area (Å²) >= 11 is 0. The van der Waals surface area contributed by atoms with Crippen LogP contribution in [0.25, 0.3) is 0 Å². The van der Waals surface area contributed by atoms with Crippen molar-refractivity contribution in [2.75, 3.05) is 20.6 Å². The summed E-state index contributed by atoms with van der Waals surface area (Å²) in [6.07, 6.45) is 1.32. The van der Waals surface area contributed by atoms with Gasteiger partial charge in [-0.2, -0.15) is 0 Å². The molecule has 0 amide bonds. The number of carboxylic acids is 1. The lowest BCUT2D eigenvalue weighted by atomic mass is 10.1. The Labute approximate surface area is 102 Å². The van der Waals surface area contributed by atoms with Crippen molar-refractivity contribution in [1.29, 1.82) is 0 Å². The van der Waals surface area contributed by atoms with Crippen molar-refractivity contribution in [3.05, 3.63) is 30.3 Å². The van der Waals surface area contributed by atoms with Crippen LogP contribution in [-0.4, -0.2) is 37.8 Å². The number of hydrogen-bond acceptors (Lipinski definition) is 2. The zero-order valence-electron chi connectivity index (χ0n) is 10.5. The number of carbonyl (C=O) groups is 1. The van der Waals surface area contributed by atoms with Crippen LogP contribution in [-0.2, 0) is 4.79 Å². The fraction of sp³-hybridized carbons (Fsp3) is 0.462. The van der Waals surface area contributed by atoms with Crippen molar-refractivity contribution in [2.45, 2.75) is 18.9 Å². The van der Waals surface area contributed by atoms with Crippen LogP contribution in [0.2, 0.25) is 0 Å². The number of aliphatic carboxylic acids is 1. The Morgan fingerprint density at radius 1 is 1.35 bits per heavy atom. The van der Waals surface area contributed by atoms with Gasteiger partial charge in [-0.05, 0) is 25.0 Å². The van der Waals surface area contributed by atoms with Crippen LogP contribution in [0.4, 0.5) is 5.69 Å². The molecular weight excluding hydrogens is 216 g/mol.